The Morgan fingerprint density at radius 3 is 2.56 bits per heavy atom. The van der Waals surface area contributed by atoms with E-state index in [0.717, 1.165) is 38.9 Å². The van der Waals surface area contributed by atoms with Gasteiger partial charge in [0.25, 0.3) is 0 Å². The number of hydrogen-bond donors (Lipinski definition) is 2. The van der Waals surface area contributed by atoms with Crippen LogP contribution in [0.3, 0.4) is 0 Å². The molecular formula is C19H28N4O2. The van der Waals surface area contributed by atoms with Gasteiger partial charge in [-0.3, -0.25) is 9.69 Å². The third kappa shape index (κ3) is 4.12. The molecule has 0 aliphatic carbocycles. The van der Waals surface area contributed by atoms with Crippen molar-refractivity contribution in [2.45, 2.75) is 57.3 Å². The Bertz CT molecular complexity index is 607. The van der Waals surface area contributed by atoms with Gasteiger partial charge in [0.15, 0.2) is 0 Å². The highest BCUT2D eigenvalue weighted by Gasteiger charge is 2.40. The van der Waals surface area contributed by atoms with Crippen molar-refractivity contribution >= 4 is 11.9 Å². The van der Waals surface area contributed by atoms with Gasteiger partial charge in [0.05, 0.1) is 0 Å². The summed E-state index contributed by atoms with van der Waals surface area (Å²) in [5, 5.41) is 2.52. The molecule has 3 amide bonds. The Morgan fingerprint density at radius 2 is 1.84 bits per heavy atom. The molecule has 0 spiro atoms. The van der Waals surface area contributed by atoms with Crippen LogP contribution >= 0.6 is 0 Å². The van der Waals surface area contributed by atoms with Gasteiger partial charge < -0.3 is 16.0 Å². The van der Waals surface area contributed by atoms with E-state index in [2.05, 4.69) is 34.5 Å². The number of urea groups is 1. The monoisotopic (exact) mass is 344 g/mol. The number of primary amides is 1. The highest BCUT2D eigenvalue weighted by atomic mass is 16.2. The number of rotatable bonds is 5. The standard InChI is InChI=1S/C19H28N4O2/c1-14(21-19(20)25)18(24)23-12-6-10-17(23)16-9-5-11-22(16)13-15-7-3-2-4-8-15/h2-4,7-8,14,16-17H,5-6,9-13H2,1H3,(H3,20,21,25)/t14-,16-,17-/m0/s1. The molecule has 6 nitrogen and oxygen atoms in total. The van der Waals surface area contributed by atoms with Crippen LogP contribution in [0.2, 0.25) is 0 Å². The Hall–Kier alpha value is -2.08. The number of hydrogen-bond acceptors (Lipinski definition) is 3. The summed E-state index contributed by atoms with van der Waals surface area (Å²) >= 11 is 0. The van der Waals surface area contributed by atoms with Gasteiger partial charge in [0, 0.05) is 25.2 Å². The Morgan fingerprint density at radius 1 is 1.16 bits per heavy atom. The first-order valence-electron chi connectivity index (χ1n) is 9.20. The van der Waals surface area contributed by atoms with Crippen LogP contribution in [-0.4, -0.2) is 53.0 Å². The van der Waals surface area contributed by atoms with E-state index in [1.807, 2.05) is 11.0 Å². The maximum atomic E-state index is 12.8. The quantitative estimate of drug-likeness (QED) is 0.853. The van der Waals surface area contributed by atoms with Crippen molar-refractivity contribution in [1.82, 2.24) is 15.1 Å². The second-order valence-electron chi connectivity index (χ2n) is 7.14. The molecule has 25 heavy (non-hydrogen) atoms. The third-order valence-electron chi connectivity index (χ3n) is 5.40. The zero-order valence-electron chi connectivity index (χ0n) is 14.9. The van der Waals surface area contributed by atoms with Gasteiger partial charge in [-0.1, -0.05) is 30.3 Å². The lowest BCUT2D eigenvalue weighted by Gasteiger charge is -2.36. The third-order valence-corrected chi connectivity index (χ3v) is 5.40. The summed E-state index contributed by atoms with van der Waals surface area (Å²) in [5.41, 5.74) is 6.48. The molecule has 2 saturated heterocycles. The van der Waals surface area contributed by atoms with E-state index in [0.29, 0.717) is 6.04 Å². The summed E-state index contributed by atoms with van der Waals surface area (Å²) in [6.45, 7) is 4.48. The zero-order chi connectivity index (χ0) is 17.8. The van der Waals surface area contributed by atoms with Gasteiger partial charge in [-0.2, -0.15) is 0 Å². The second-order valence-corrected chi connectivity index (χ2v) is 7.14. The van der Waals surface area contributed by atoms with E-state index in [9.17, 15) is 9.59 Å². The van der Waals surface area contributed by atoms with Gasteiger partial charge in [0.2, 0.25) is 5.91 Å². The van der Waals surface area contributed by atoms with Gasteiger partial charge in [-0.25, -0.2) is 4.79 Å². The normalized spacial score (nSPS) is 25.1. The minimum absolute atomic E-state index is 0.0205. The molecule has 2 aliphatic heterocycles. The van der Waals surface area contributed by atoms with Crippen LogP contribution < -0.4 is 11.1 Å². The highest BCUT2D eigenvalue weighted by Crippen LogP contribution is 2.31. The average Bonchev–Trinajstić information content (AvgIpc) is 3.23. The smallest absolute Gasteiger partial charge is 0.312 e. The lowest BCUT2D eigenvalue weighted by Crippen LogP contribution is -2.54. The molecule has 2 heterocycles. The summed E-state index contributed by atoms with van der Waals surface area (Å²) in [5.74, 6) is -0.0205. The molecule has 3 atom stereocenters. The molecule has 2 fully saturated rings. The van der Waals surface area contributed by atoms with Crippen LogP contribution in [0.4, 0.5) is 4.79 Å². The number of likely N-dealkylation sites (tertiary alicyclic amines) is 2. The van der Waals surface area contributed by atoms with E-state index >= 15 is 0 Å². The number of carbonyl (C=O) groups excluding carboxylic acids is 2. The molecule has 0 bridgehead atoms. The van der Waals surface area contributed by atoms with E-state index in [1.165, 1.54) is 12.0 Å². The Balaban J connectivity index is 1.68. The number of nitrogens with two attached hydrogens (primary N) is 1. The first-order valence-corrected chi connectivity index (χ1v) is 9.20. The summed E-state index contributed by atoms with van der Waals surface area (Å²) < 4.78 is 0. The van der Waals surface area contributed by atoms with Crippen molar-refractivity contribution in [3.63, 3.8) is 0 Å². The van der Waals surface area contributed by atoms with Gasteiger partial charge in [-0.05, 0) is 44.7 Å². The maximum Gasteiger partial charge on any atom is 0.312 e. The molecule has 0 radical (unpaired) electrons. The minimum Gasteiger partial charge on any atom is -0.352 e. The van der Waals surface area contributed by atoms with Crippen LogP contribution in [0.1, 0.15) is 38.2 Å². The molecule has 0 unspecified atom stereocenters. The minimum atomic E-state index is -0.650. The first kappa shape index (κ1) is 17.7. The second kappa shape index (κ2) is 7.87. The highest BCUT2D eigenvalue weighted by molar-refractivity contribution is 5.86. The first-order chi connectivity index (χ1) is 12.1. The maximum absolute atomic E-state index is 12.8. The molecule has 2 aliphatic rings. The fraction of sp³-hybridized carbons (Fsp3) is 0.579. The van der Waals surface area contributed by atoms with Crippen molar-refractivity contribution < 1.29 is 9.59 Å². The molecule has 136 valence electrons. The molecule has 6 heteroatoms. The molecule has 3 rings (SSSR count). The fourth-order valence-electron chi connectivity index (χ4n) is 4.29. The van der Waals surface area contributed by atoms with Crippen molar-refractivity contribution in [1.29, 1.82) is 0 Å². The SMILES string of the molecule is C[C@H](NC(N)=O)C(=O)N1CCC[C@H]1[C@@H]1CCCN1Cc1ccccc1. The largest absolute Gasteiger partial charge is 0.352 e. The summed E-state index contributed by atoms with van der Waals surface area (Å²) in [4.78, 5) is 28.3. The van der Waals surface area contributed by atoms with E-state index < -0.39 is 12.1 Å². The predicted octanol–water partition coefficient (Wildman–Crippen LogP) is 1.70. The summed E-state index contributed by atoms with van der Waals surface area (Å²) in [6, 6.07) is 9.91. The average molecular weight is 344 g/mol. The fourth-order valence-corrected chi connectivity index (χ4v) is 4.29. The van der Waals surface area contributed by atoms with Crippen LogP contribution in [0.15, 0.2) is 30.3 Å². The number of benzene rings is 1. The lowest BCUT2D eigenvalue weighted by molar-refractivity contribution is -0.134. The number of nitrogens with zero attached hydrogens (tertiary/aromatic N) is 2. The Kier molecular flexibility index (Phi) is 5.58. The number of carbonyl (C=O) groups is 2. The zero-order valence-corrected chi connectivity index (χ0v) is 14.9. The number of nitrogens with one attached hydrogen (secondary N) is 1. The molecular weight excluding hydrogens is 316 g/mol. The van der Waals surface area contributed by atoms with Gasteiger partial charge >= 0.3 is 6.03 Å². The molecule has 0 aromatic heterocycles. The summed E-state index contributed by atoms with van der Waals surface area (Å²) in [7, 11) is 0. The molecule has 0 saturated carbocycles. The van der Waals surface area contributed by atoms with Gasteiger partial charge in [-0.15, -0.1) is 0 Å². The van der Waals surface area contributed by atoms with E-state index in [-0.39, 0.29) is 11.9 Å². The van der Waals surface area contributed by atoms with Crippen LogP contribution in [0.25, 0.3) is 0 Å². The topological polar surface area (TPSA) is 78.7 Å². The molecule has 1 aromatic carbocycles. The van der Waals surface area contributed by atoms with Crippen LogP contribution in [0, 0.1) is 0 Å². The van der Waals surface area contributed by atoms with Crippen molar-refractivity contribution in [3.8, 4) is 0 Å². The van der Waals surface area contributed by atoms with E-state index in [4.69, 9.17) is 5.73 Å². The van der Waals surface area contributed by atoms with Crippen LogP contribution in [-0.2, 0) is 11.3 Å². The van der Waals surface area contributed by atoms with Crippen molar-refractivity contribution in [2.75, 3.05) is 13.1 Å². The molecule has 3 N–H and O–H groups in total. The Labute approximate surface area is 149 Å². The lowest BCUT2D eigenvalue weighted by atomic mass is 10.0. The molecule has 1 aromatic rings. The summed E-state index contributed by atoms with van der Waals surface area (Å²) in [6.07, 6.45) is 4.35. The predicted molar refractivity (Wildman–Crippen MR) is 96.8 cm³/mol. The van der Waals surface area contributed by atoms with Crippen LogP contribution in [0.5, 0.6) is 0 Å². The number of amides is 3. The van der Waals surface area contributed by atoms with Gasteiger partial charge in [0.1, 0.15) is 6.04 Å². The van der Waals surface area contributed by atoms with Crippen molar-refractivity contribution in [3.05, 3.63) is 35.9 Å². The van der Waals surface area contributed by atoms with E-state index in [1.54, 1.807) is 6.92 Å². The van der Waals surface area contributed by atoms with Crippen molar-refractivity contribution in [2.24, 2.45) is 5.73 Å².